The number of fused-ring (bicyclic) bond motifs is 1. The van der Waals surface area contributed by atoms with E-state index in [1.54, 1.807) is 6.07 Å². The SMILES string of the molecule is CCC1CCC2(C1)CC(NC)c1ccc(F)cc1O2. The molecule has 3 unspecified atom stereocenters. The van der Waals surface area contributed by atoms with Crippen molar-refractivity contribution in [2.45, 2.75) is 50.7 Å². The smallest absolute Gasteiger partial charge is 0.127 e. The molecule has 1 aliphatic carbocycles. The van der Waals surface area contributed by atoms with Crippen LogP contribution in [0, 0.1) is 11.7 Å². The minimum Gasteiger partial charge on any atom is -0.487 e. The molecule has 0 saturated heterocycles. The van der Waals surface area contributed by atoms with E-state index in [1.165, 1.54) is 18.9 Å². The highest BCUT2D eigenvalue weighted by molar-refractivity contribution is 5.39. The average Bonchev–Trinajstić information content (AvgIpc) is 2.80. The first-order valence-corrected chi connectivity index (χ1v) is 7.31. The Balaban J connectivity index is 1.93. The lowest BCUT2D eigenvalue weighted by molar-refractivity contribution is 0.0335. The molecule has 2 nitrogen and oxygen atoms in total. The first-order valence-electron chi connectivity index (χ1n) is 7.31. The second-order valence-corrected chi connectivity index (χ2v) is 6.03. The molecule has 1 aliphatic heterocycles. The molecule has 0 aromatic heterocycles. The monoisotopic (exact) mass is 263 g/mol. The Labute approximate surface area is 114 Å². The van der Waals surface area contributed by atoms with Gasteiger partial charge < -0.3 is 10.1 Å². The van der Waals surface area contributed by atoms with Gasteiger partial charge in [0, 0.05) is 24.1 Å². The Morgan fingerprint density at radius 3 is 2.95 bits per heavy atom. The molecule has 1 aromatic carbocycles. The van der Waals surface area contributed by atoms with Gasteiger partial charge in [0.2, 0.25) is 0 Å². The van der Waals surface area contributed by atoms with Crippen LogP contribution in [0.25, 0.3) is 0 Å². The molecule has 1 fully saturated rings. The lowest BCUT2D eigenvalue weighted by Gasteiger charge is -2.40. The Morgan fingerprint density at radius 1 is 1.42 bits per heavy atom. The molecule has 1 heterocycles. The number of halogens is 1. The van der Waals surface area contributed by atoms with E-state index in [0.717, 1.165) is 36.5 Å². The fourth-order valence-electron chi connectivity index (χ4n) is 3.72. The molecule has 19 heavy (non-hydrogen) atoms. The van der Waals surface area contributed by atoms with Crippen molar-refractivity contribution in [2.24, 2.45) is 5.92 Å². The zero-order chi connectivity index (χ0) is 13.5. The Morgan fingerprint density at radius 2 is 2.26 bits per heavy atom. The zero-order valence-electron chi connectivity index (χ0n) is 11.7. The molecule has 1 spiro atoms. The van der Waals surface area contributed by atoms with Crippen molar-refractivity contribution in [3.05, 3.63) is 29.6 Å². The van der Waals surface area contributed by atoms with Crippen LogP contribution in [0.1, 0.15) is 50.6 Å². The van der Waals surface area contributed by atoms with E-state index in [1.807, 2.05) is 13.1 Å². The van der Waals surface area contributed by atoms with Crippen molar-refractivity contribution in [1.29, 1.82) is 0 Å². The summed E-state index contributed by atoms with van der Waals surface area (Å²) in [5.74, 6) is 1.28. The first-order chi connectivity index (χ1) is 9.15. The fraction of sp³-hybridized carbons (Fsp3) is 0.625. The topological polar surface area (TPSA) is 21.3 Å². The maximum atomic E-state index is 13.4. The molecule has 0 amide bonds. The molecule has 3 atom stereocenters. The van der Waals surface area contributed by atoms with Gasteiger partial charge in [-0.2, -0.15) is 0 Å². The average molecular weight is 263 g/mol. The second-order valence-electron chi connectivity index (χ2n) is 6.03. The van der Waals surface area contributed by atoms with Gasteiger partial charge in [0.25, 0.3) is 0 Å². The third-order valence-electron chi connectivity index (χ3n) is 4.85. The summed E-state index contributed by atoms with van der Waals surface area (Å²) in [4.78, 5) is 0. The lowest BCUT2D eigenvalue weighted by atomic mass is 9.85. The van der Waals surface area contributed by atoms with Crippen LogP contribution in [0.5, 0.6) is 5.75 Å². The third kappa shape index (κ3) is 2.25. The summed E-state index contributed by atoms with van der Waals surface area (Å²) in [5, 5.41) is 3.36. The minimum atomic E-state index is -0.212. The first kappa shape index (κ1) is 12.9. The van der Waals surface area contributed by atoms with Gasteiger partial charge in [0.1, 0.15) is 17.2 Å². The number of rotatable bonds is 2. The summed E-state index contributed by atoms with van der Waals surface area (Å²) in [6.45, 7) is 2.25. The predicted octanol–water partition coefficient (Wildman–Crippen LogP) is 3.82. The van der Waals surface area contributed by atoms with Gasteiger partial charge in [-0.3, -0.25) is 0 Å². The maximum absolute atomic E-state index is 13.4. The Bertz CT molecular complexity index is 476. The van der Waals surface area contributed by atoms with Gasteiger partial charge in [0.05, 0.1) is 0 Å². The third-order valence-corrected chi connectivity index (χ3v) is 4.85. The summed E-state index contributed by atoms with van der Waals surface area (Å²) < 4.78 is 19.7. The Hall–Kier alpha value is -1.09. The van der Waals surface area contributed by atoms with E-state index in [0.29, 0.717) is 0 Å². The van der Waals surface area contributed by atoms with Crippen molar-refractivity contribution < 1.29 is 9.13 Å². The van der Waals surface area contributed by atoms with Gasteiger partial charge >= 0.3 is 0 Å². The normalized spacial score (nSPS) is 33.2. The molecule has 2 aliphatic rings. The van der Waals surface area contributed by atoms with Crippen LogP contribution in [0.3, 0.4) is 0 Å². The van der Waals surface area contributed by atoms with E-state index in [2.05, 4.69) is 12.2 Å². The highest BCUT2D eigenvalue weighted by Gasteiger charge is 2.45. The van der Waals surface area contributed by atoms with Crippen LogP contribution in [0.15, 0.2) is 18.2 Å². The highest BCUT2D eigenvalue weighted by atomic mass is 19.1. The summed E-state index contributed by atoms with van der Waals surface area (Å²) in [5.41, 5.74) is 1.02. The van der Waals surface area contributed by atoms with E-state index >= 15 is 0 Å². The van der Waals surface area contributed by atoms with E-state index < -0.39 is 0 Å². The Kier molecular flexibility index (Phi) is 3.25. The van der Waals surface area contributed by atoms with E-state index in [-0.39, 0.29) is 17.5 Å². The lowest BCUT2D eigenvalue weighted by Crippen LogP contribution is -2.41. The quantitative estimate of drug-likeness (QED) is 0.876. The van der Waals surface area contributed by atoms with Crippen molar-refractivity contribution >= 4 is 0 Å². The number of benzene rings is 1. The number of nitrogens with one attached hydrogen (secondary N) is 1. The molecule has 3 rings (SSSR count). The molecule has 0 radical (unpaired) electrons. The summed E-state index contributed by atoms with van der Waals surface area (Å²) >= 11 is 0. The zero-order valence-corrected chi connectivity index (χ0v) is 11.7. The molecule has 104 valence electrons. The predicted molar refractivity (Wildman–Crippen MR) is 73.8 cm³/mol. The molecule has 1 N–H and O–H groups in total. The van der Waals surface area contributed by atoms with Gasteiger partial charge in [-0.05, 0) is 38.3 Å². The van der Waals surface area contributed by atoms with Crippen molar-refractivity contribution in [2.75, 3.05) is 7.05 Å². The van der Waals surface area contributed by atoms with Crippen LogP contribution in [-0.2, 0) is 0 Å². The molecule has 3 heteroatoms. The number of hydrogen-bond donors (Lipinski definition) is 1. The van der Waals surface area contributed by atoms with Gasteiger partial charge in [-0.15, -0.1) is 0 Å². The van der Waals surface area contributed by atoms with Crippen LogP contribution >= 0.6 is 0 Å². The van der Waals surface area contributed by atoms with Crippen molar-refractivity contribution in [3.8, 4) is 5.75 Å². The highest BCUT2D eigenvalue weighted by Crippen LogP contribution is 2.49. The van der Waals surface area contributed by atoms with Crippen molar-refractivity contribution in [3.63, 3.8) is 0 Å². The number of hydrogen-bond acceptors (Lipinski definition) is 2. The van der Waals surface area contributed by atoms with Crippen LogP contribution in [0.2, 0.25) is 0 Å². The molecule has 0 bridgehead atoms. The van der Waals surface area contributed by atoms with Crippen LogP contribution < -0.4 is 10.1 Å². The fourth-order valence-corrected chi connectivity index (χ4v) is 3.72. The number of ether oxygens (including phenoxy) is 1. The van der Waals surface area contributed by atoms with E-state index in [9.17, 15) is 4.39 Å². The molecule has 1 aromatic rings. The van der Waals surface area contributed by atoms with E-state index in [4.69, 9.17) is 4.74 Å². The van der Waals surface area contributed by atoms with Crippen molar-refractivity contribution in [1.82, 2.24) is 5.32 Å². The van der Waals surface area contributed by atoms with Gasteiger partial charge in [-0.1, -0.05) is 19.4 Å². The van der Waals surface area contributed by atoms with Gasteiger partial charge in [-0.25, -0.2) is 4.39 Å². The maximum Gasteiger partial charge on any atom is 0.127 e. The summed E-state index contributed by atoms with van der Waals surface area (Å²) in [6.07, 6.45) is 5.65. The van der Waals surface area contributed by atoms with Crippen LogP contribution in [-0.4, -0.2) is 12.6 Å². The molecular weight excluding hydrogens is 241 g/mol. The standard InChI is InChI=1S/C16H22FNO/c1-3-11-6-7-16(9-11)10-14(18-2)13-5-4-12(17)8-15(13)19-16/h4-5,8,11,14,18H,3,6-7,9-10H2,1-2H3. The minimum absolute atomic E-state index is 0.0743. The summed E-state index contributed by atoms with van der Waals surface area (Å²) in [7, 11) is 1.98. The molecular formula is C16H22FNO. The van der Waals surface area contributed by atoms with Gasteiger partial charge in [0.15, 0.2) is 0 Å². The molecule has 1 saturated carbocycles. The largest absolute Gasteiger partial charge is 0.487 e. The van der Waals surface area contributed by atoms with Crippen LogP contribution in [0.4, 0.5) is 4.39 Å². The second kappa shape index (κ2) is 4.78. The summed E-state index contributed by atoms with van der Waals surface area (Å²) in [6, 6.07) is 5.19.